The molecule has 0 aliphatic heterocycles. The highest BCUT2D eigenvalue weighted by molar-refractivity contribution is 6.30. The summed E-state index contributed by atoms with van der Waals surface area (Å²) in [6, 6.07) is 7.75. The van der Waals surface area contributed by atoms with Crippen LogP contribution in [-0.2, 0) is 6.54 Å². The average Bonchev–Trinajstić information content (AvgIpc) is 2.70. The second-order valence-electron chi connectivity index (χ2n) is 3.71. The van der Waals surface area contributed by atoms with E-state index in [-0.39, 0.29) is 5.38 Å². The Morgan fingerprint density at radius 3 is 2.56 bits per heavy atom. The highest BCUT2D eigenvalue weighted by Gasteiger charge is 2.04. The van der Waals surface area contributed by atoms with E-state index in [2.05, 4.69) is 5.10 Å². The Morgan fingerprint density at radius 1 is 1.31 bits per heavy atom. The number of hydrogen-bond acceptors (Lipinski definition) is 1. The molecule has 0 spiro atoms. The average molecular weight is 255 g/mol. The normalized spacial score (nSPS) is 12.7. The van der Waals surface area contributed by atoms with Gasteiger partial charge in [0, 0.05) is 16.8 Å². The van der Waals surface area contributed by atoms with Crippen molar-refractivity contribution in [3.63, 3.8) is 0 Å². The van der Waals surface area contributed by atoms with Crippen molar-refractivity contribution in [3.05, 3.63) is 52.8 Å². The molecular weight excluding hydrogens is 243 g/mol. The number of nitrogens with zero attached hydrogens (tertiary/aromatic N) is 2. The van der Waals surface area contributed by atoms with Crippen LogP contribution in [-0.4, -0.2) is 9.78 Å². The summed E-state index contributed by atoms with van der Waals surface area (Å²) in [4.78, 5) is 0. The summed E-state index contributed by atoms with van der Waals surface area (Å²) >= 11 is 11.8. The molecule has 0 N–H and O–H groups in total. The molecule has 0 fully saturated rings. The zero-order valence-corrected chi connectivity index (χ0v) is 10.4. The number of halogens is 2. The molecule has 0 saturated carbocycles. The van der Waals surface area contributed by atoms with Gasteiger partial charge in [0.25, 0.3) is 0 Å². The largest absolute Gasteiger partial charge is 0.268 e. The minimum absolute atomic E-state index is 0.000956. The van der Waals surface area contributed by atoms with Crippen LogP contribution >= 0.6 is 23.2 Å². The van der Waals surface area contributed by atoms with E-state index in [1.54, 1.807) is 6.20 Å². The molecule has 1 unspecified atom stereocenters. The number of alkyl halides is 1. The number of benzene rings is 1. The molecule has 1 atom stereocenters. The van der Waals surface area contributed by atoms with E-state index in [0.717, 1.165) is 17.1 Å². The minimum atomic E-state index is -0.000956. The molecule has 16 heavy (non-hydrogen) atoms. The lowest BCUT2D eigenvalue weighted by Gasteiger charge is -2.02. The van der Waals surface area contributed by atoms with E-state index >= 15 is 0 Å². The molecule has 0 saturated heterocycles. The summed E-state index contributed by atoms with van der Waals surface area (Å²) in [5.74, 6) is 0. The Morgan fingerprint density at radius 2 is 2.00 bits per heavy atom. The van der Waals surface area contributed by atoms with Gasteiger partial charge in [-0.25, -0.2) is 0 Å². The first-order valence-electron chi connectivity index (χ1n) is 5.06. The number of hydrogen-bond donors (Lipinski definition) is 0. The van der Waals surface area contributed by atoms with Gasteiger partial charge in [0.05, 0.1) is 18.1 Å². The van der Waals surface area contributed by atoms with Gasteiger partial charge in [-0.15, -0.1) is 11.6 Å². The molecule has 84 valence electrons. The Labute approximate surface area is 105 Å². The van der Waals surface area contributed by atoms with Crippen molar-refractivity contribution in [2.45, 2.75) is 18.8 Å². The predicted octanol–water partition coefficient (Wildman–Crippen LogP) is 3.88. The van der Waals surface area contributed by atoms with Crippen LogP contribution in [0.5, 0.6) is 0 Å². The van der Waals surface area contributed by atoms with Gasteiger partial charge in [-0.2, -0.15) is 5.10 Å². The number of aromatic nitrogens is 2. The lowest BCUT2D eigenvalue weighted by atomic mass is 10.2. The summed E-state index contributed by atoms with van der Waals surface area (Å²) < 4.78 is 1.87. The van der Waals surface area contributed by atoms with Crippen LogP contribution in [0, 0.1) is 0 Å². The predicted molar refractivity (Wildman–Crippen MR) is 67.0 cm³/mol. The van der Waals surface area contributed by atoms with Crippen LogP contribution in [0.25, 0.3) is 0 Å². The van der Waals surface area contributed by atoms with Crippen molar-refractivity contribution in [1.29, 1.82) is 0 Å². The van der Waals surface area contributed by atoms with Crippen LogP contribution in [0.15, 0.2) is 36.7 Å². The van der Waals surface area contributed by atoms with Crippen LogP contribution in [0.1, 0.15) is 23.4 Å². The van der Waals surface area contributed by atoms with Gasteiger partial charge in [-0.05, 0) is 24.6 Å². The third-order valence-electron chi connectivity index (χ3n) is 2.37. The van der Waals surface area contributed by atoms with Crippen molar-refractivity contribution >= 4 is 23.2 Å². The standard InChI is InChI=1S/C12H12Cl2N2/c1-9(13)11-6-15-16(8-11)7-10-2-4-12(14)5-3-10/h2-6,8-9H,7H2,1H3. The summed E-state index contributed by atoms with van der Waals surface area (Å²) in [6.45, 7) is 2.67. The molecule has 0 aliphatic carbocycles. The van der Waals surface area contributed by atoms with Crippen LogP contribution in [0.2, 0.25) is 5.02 Å². The highest BCUT2D eigenvalue weighted by atomic mass is 35.5. The first kappa shape index (κ1) is 11.5. The third-order valence-corrected chi connectivity index (χ3v) is 2.87. The molecule has 2 rings (SSSR count). The van der Waals surface area contributed by atoms with Crippen LogP contribution < -0.4 is 0 Å². The summed E-state index contributed by atoms with van der Waals surface area (Å²) in [5, 5.41) is 5.00. The Balaban J connectivity index is 2.11. The smallest absolute Gasteiger partial charge is 0.0659 e. The summed E-state index contributed by atoms with van der Waals surface area (Å²) in [7, 11) is 0. The SMILES string of the molecule is CC(Cl)c1cnn(Cc2ccc(Cl)cc2)c1. The first-order chi connectivity index (χ1) is 7.65. The fraction of sp³-hybridized carbons (Fsp3) is 0.250. The van der Waals surface area contributed by atoms with E-state index in [4.69, 9.17) is 23.2 Å². The number of rotatable bonds is 3. The van der Waals surface area contributed by atoms with Gasteiger partial charge >= 0.3 is 0 Å². The molecule has 0 bridgehead atoms. The second kappa shape index (κ2) is 4.89. The molecule has 0 radical (unpaired) electrons. The molecule has 4 heteroatoms. The van der Waals surface area contributed by atoms with Crippen LogP contribution in [0.3, 0.4) is 0 Å². The maximum Gasteiger partial charge on any atom is 0.0659 e. The molecule has 0 amide bonds. The Hall–Kier alpha value is -0.990. The van der Waals surface area contributed by atoms with Crippen molar-refractivity contribution in [3.8, 4) is 0 Å². The zero-order chi connectivity index (χ0) is 11.5. The van der Waals surface area contributed by atoms with Gasteiger partial charge in [0.15, 0.2) is 0 Å². The van der Waals surface area contributed by atoms with E-state index in [0.29, 0.717) is 0 Å². The van der Waals surface area contributed by atoms with E-state index in [9.17, 15) is 0 Å². The third kappa shape index (κ3) is 2.77. The molecule has 1 aromatic carbocycles. The van der Waals surface area contributed by atoms with Gasteiger partial charge < -0.3 is 0 Å². The van der Waals surface area contributed by atoms with E-state index < -0.39 is 0 Å². The maximum atomic E-state index is 5.97. The van der Waals surface area contributed by atoms with Gasteiger partial charge in [0.1, 0.15) is 0 Å². The lowest BCUT2D eigenvalue weighted by Crippen LogP contribution is -1.99. The summed E-state index contributed by atoms with van der Waals surface area (Å²) in [5.41, 5.74) is 2.21. The van der Waals surface area contributed by atoms with Crippen LogP contribution in [0.4, 0.5) is 0 Å². The molecule has 2 nitrogen and oxygen atoms in total. The molecule has 1 heterocycles. The van der Waals surface area contributed by atoms with Crippen molar-refractivity contribution in [2.75, 3.05) is 0 Å². The zero-order valence-electron chi connectivity index (χ0n) is 8.90. The fourth-order valence-corrected chi connectivity index (χ4v) is 1.69. The van der Waals surface area contributed by atoms with Crippen molar-refractivity contribution in [2.24, 2.45) is 0 Å². The van der Waals surface area contributed by atoms with Crippen molar-refractivity contribution < 1.29 is 0 Å². The summed E-state index contributed by atoms with van der Waals surface area (Å²) in [6.07, 6.45) is 3.76. The lowest BCUT2D eigenvalue weighted by molar-refractivity contribution is 0.686. The maximum absolute atomic E-state index is 5.97. The van der Waals surface area contributed by atoms with E-state index in [1.165, 1.54) is 5.56 Å². The van der Waals surface area contributed by atoms with Gasteiger partial charge in [-0.3, -0.25) is 4.68 Å². The quantitative estimate of drug-likeness (QED) is 0.761. The van der Waals surface area contributed by atoms with Crippen molar-refractivity contribution in [1.82, 2.24) is 9.78 Å². The van der Waals surface area contributed by atoms with Gasteiger partial charge in [-0.1, -0.05) is 23.7 Å². The topological polar surface area (TPSA) is 17.8 Å². The fourth-order valence-electron chi connectivity index (χ4n) is 1.45. The molecular formula is C12H12Cl2N2. The molecule has 2 aromatic rings. The minimum Gasteiger partial charge on any atom is -0.268 e. The van der Waals surface area contributed by atoms with Gasteiger partial charge in [0.2, 0.25) is 0 Å². The monoisotopic (exact) mass is 254 g/mol. The molecule has 1 aromatic heterocycles. The second-order valence-corrected chi connectivity index (χ2v) is 4.80. The Bertz CT molecular complexity index is 460. The Kier molecular flexibility index (Phi) is 3.52. The molecule has 0 aliphatic rings. The van der Waals surface area contributed by atoms with E-state index in [1.807, 2.05) is 42.1 Å². The highest BCUT2D eigenvalue weighted by Crippen LogP contribution is 2.18. The first-order valence-corrected chi connectivity index (χ1v) is 5.87.